The van der Waals surface area contributed by atoms with Crippen LogP contribution in [0.4, 0.5) is 0 Å². The predicted molar refractivity (Wildman–Crippen MR) is 92.3 cm³/mol. The Morgan fingerprint density at radius 3 is 2.52 bits per heavy atom. The molecule has 1 heterocycles. The van der Waals surface area contributed by atoms with Crippen molar-refractivity contribution in [3.05, 3.63) is 53.5 Å². The van der Waals surface area contributed by atoms with Crippen molar-refractivity contribution in [2.24, 2.45) is 4.99 Å². The summed E-state index contributed by atoms with van der Waals surface area (Å²) in [6.07, 6.45) is 2.42. The molecule has 0 bridgehead atoms. The van der Waals surface area contributed by atoms with E-state index in [-0.39, 0.29) is 5.71 Å². The van der Waals surface area contributed by atoms with Crippen LogP contribution in [0, 0.1) is 5.41 Å². The first kappa shape index (κ1) is 16.7. The second-order valence-corrected chi connectivity index (χ2v) is 5.08. The van der Waals surface area contributed by atoms with E-state index in [0.717, 1.165) is 17.7 Å². The predicted octanol–water partition coefficient (Wildman–Crippen LogP) is 3.30. The fourth-order valence-corrected chi connectivity index (χ4v) is 2.29. The minimum absolute atomic E-state index is 0.257. The zero-order valence-corrected chi connectivity index (χ0v) is 13.6. The van der Waals surface area contributed by atoms with Crippen molar-refractivity contribution in [2.45, 2.75) is 27.2 Å². The summed E-state index contributed by atoms with van der Waals surface area (Å²) in [4.78, 5) is 16.4. The number of hydrogen-bond acceptors (Lipinski definition) is 5. The lowest BCUT2D eigenvalue weighted by molar-refractivity contribution is -0.134. The molecule has 0 aromatic heterocycles. The third-order valence-corrected chi connectivity index (χ3v) is 3.36. The fourth-order valence-electron chi connectivity index (χ4n) is 2.29. The van der Waals surface area contributed by atoms with Crippen molar-refractivity contribution in [1.29, 1.82) is 5.41 Å². The lowest BCUT2D eigenvalue weighted by atomic mass is 10.0. The van der Waals surface area contributed by atoms with Gasteiger partial charge in [-0.15, -0.1) is 0 Å². The van der Waals surface area contributed by atoms with E-state index < -0.39 is 5.97 Å². The first-order chi connectivity index (χ1) is 11.1. The van der Waals surface area contributed by atoms with Crippen LogP contribution in [-0.2, 0) is 9.53 Å². The zero-order valence-electron chi connectivity index (χ0n) is 13.6. The standard InChI is InChI=1S/C18H21N3O2/c1-4-14-11-15(18(22)23-5-2)21-17(20-14)16(12(3)19)13-9-7-6-8-10-13/h6-11,19-20H,4-5H2,1-3H3/b17-16-,19-12?. The molecule has 1 aliphatic heterocycles. The summed E-state index contributed by atoms with van der Waals surface area (Å²) in [6.45, 7) is 5.76. The lowest BCUT2D eigenvalue weighted by Gasteiger charge is -2.20. The molecule has 0 radical (unpaired) electrons. The number of benzene rings is 1. The maximum atomic E-state index is 12.0. The minimum atomic E-state index is -0.451. The highest BCUT2D eigenvalue weighted by Crippen LogP contribution is 2.23. The molecule has 1 aliphatic rings. The molecule has 0 fully saturated rings. The molecule has 120 valence electrons. The van der Waals surface area contributed by atoms with Crippen molar-refractivity contribution in [2.75, 3.05) is 6.61 Å². The third kappa shape index (κ3) is 3.94. The van der Waals surface area contributed by atoms with Crippen LogP contribution in [0.2, 0.25) is 0 Å². The van der Waals surface area contributed by atoms with E-state index >= 15 is 0 Å². The highest BCUT2D eigenvalue weighted by atomic mass is 16.5. The number of ether oxygens (including phenoxy) is 1. The molecule has 5 nitrogen and oxygen atoms in total. The van der Waals surface area contributed by atoms with Gasteiger partial charge in [-0.25, -0.2) is 9.79 Å². The molecule has 0 amide bonds. The summed E-state index contributed by atoms with van der Waals surface area (Å²) in [5.41, 5.74) is 3.06. The van der Waals surface area contributed by atoms with Gasteiger partial charge in [0.2, 0.25) is 0 Å². The Bertz CT molecular complexity index is 700. The Balaban J connectivity index is 2.56. The Hall–Kier alpha value is -2.69. The molecule has 5 heteroatoms. The molecular formula is C18H21N3O2. The van der Waals surface area contributed by atoms with Crippen molar-refractivity contribution in [3.8, 4) is 0 Å². The van der Waals surface area contributed by atoms with Crippen LogP contribution >= 0.6 is 0 Å². The van der Waals surface area contributed by atoms with E-state index in [0.29, 0.717) is 23.7 Å². The topological polar surface area (TPSA) is 74.5 Å². The molecule has 0 saturated carbocycles. The van der Waals surface area contributed by atoms with Gasteiger partial charge in [-0.3, -0.25) is 0 Å². The van der Waals surface area contributed by atoms with Gasteiger partial charge in [0, 0.05) is 17.0 Å². The highest BCUT2D eigenvalue weighted by molar-refractivity contribution is 6.42. The maximum Gasteiger partial charge on any atom is 0.357 e. The van der Waals surface area contributed by atoms with Crippen LogP contribution in [0.15, 0.2) is 52.9 Å². The van der Waals surface area contributed by atoms with Gasteiger partial charge in [0.1, 0.15) is 5.82 Å². The number of nitrogens with one attached hydrogen (secondary N) is 2. The number of aliphatic imine (C=N–C) groups is 1. The molecule has 2 rings (SSSR count). The van der Waals surface area contributed by atoms with Gasteiger partial charge in [-0.1, -0.05) is 37.3 Å². The zero-order chi connectivity index (χ0) is 16.8. The number of esters is 1. The van der Waals surface area contributed by atoms with Crippen molar-refractivity contribution >= 4 is 23.0 Å². The van der Waals surface area contributed by atoms with E-state index in [2.05, 4.69) is 10.3 Å². The number of rotatable bonds is 5. The van der Waals surface area contributed by atoms with Gasteiger partial charge >= 0.3 is 5.97 Å². The maximum absolute atomic E-state index is 12.0. The number of carbonyl (C=O) groups is 1. The highest BCUT2D eigenvalue weighted by Gasteiger charge is 2.20. The Labute approximate surface area is 136 Å². The number of hydrogen-bond donors (Lipinski definition) is 2. The van der Waals surface area contributed by atoms with E-state index in [1.807, 2.05) is 37.3 Å². The number of nitrogens with zero attached hydrogens (tertiary/aromatic N) is 1. The summed E-state index contributed by atoms with van der Waals surface area (Å²) in [5, 5.41) is 11.3. The third-order valence-electron chi connectivity index (χ3n) is 3.36. The van der Waals surface area contributed by atoms with Crippen LogP contribution < -0.4 is 5.32 Å². The SMILES string of the molecule is CCOC(=O)C1=N/C(=C(/C(C)=N)c2ccccc2)NC(CC)=C1. The molecule has 2 N–H and O–H groups in total. The summed E-state index contributed by atoms with van der Waals surface area (Å²) >= 11 is 0. The van der Waals surface area contributed by atoms with Gasteiger partial charge in [0.05, 0.1) is 6.61 Å². The largest absolute Gasteiger partial charge is 0.461 e. The molecule has 0 spiro atoms. The van der Waals surface area contributed by atoms with Crippen molar-refractivity contribution < 1.29 is 9.53 Å². The molecule has 0 unspecified atom stereocenters. The second kappa shape index (κ2) is 7.54. The average molecular weight is 311 g/mol. The lowest BCUT2D eigenvalue weighted by Crippen LogP contribution is -2.26. The number of carbonyl (C=O) groups excluding carboxylic acids is 1. The van der Waals surface area contributed by atoms with Crippen LogP contribution in [0.25, 0.3) is 5.57 Å². The van der Waals surface area contributed by atoms with Gasteiger partial charge in [-0.05, 0) is 31.9 Å². The Morgan fingerprint density at radius 1 is 1.26 bits per heavy atom. The summed E-state index contributed by atoms with van der Waals surface area (Å²) < 4.78 is 5.05. The van der Waals surface area contributed by atoms with Crippen molar-refractivity contribution in [3.63, 3.8) is 0 Å². The number of allylic oxidation sites excluding steroid dienone is 2. The first-order valence-electron chi connectivity index (χ1n) is 7.65. The van der Waals surface area contributed by atoms with Gasteiger partial charge in [0.25, 0.3) is 0 Å². The average Bonchev–Trinajstić information content (AvgIpc) is 2.55. The molecule has 0 aliphatic carbocycles. The normalized spacial score (nSPS) is 16.0. The summed E-state index contributed by atoms with van der Waals surface area (Å²) in [5.74, 6) is 0.0543. The van der Waals surface area contributed by atoms with E-state index in [1.165, 1.54) is 0 Å². The summed E-state index contributed by atoms with van der Waals surface area (Å²) in [7, 11) is 0. The van der Waals surface area contributed by atoms with Gasteiger partial charge < -0.3 is 15.5 Å². The minimum Gasteiger partial charge on any atom is -0.461 e. The fraction of sp³-hybridized carbons (Fsp3) is 0.278. The Kier molecular flexibility index (Phi) is 5.46. The van der Waals surface area contributed by atoms with E-state index in [9.17, 15) is 4.79 Å². The molecule has 0 atom stereocenters. The molecule has 1 aromatic rings. The van der Waals surface area contributed by atoms with Crippen LogP contribution in [0.5, 0.6) is 0 Å². The van der Waals surface area contributed by atoms with E-state index in [4.69, 9.17) is 10.1 Å². The first-order valence-corrected chi connectivity index (χ1v) is 7.65. The molecule has 1 aromatic carbocycles. The van der Waals surface area contributed by atoms with E-state index in [1.54, 1.807) is 19.9 Å². The quantitative estimate of drug-likeness (QED) is 0.647. The van der Waals surface area contributed by atoms with Crippen LogP contribution in [0.1, 0.15) is 32.8 Å². The Morgan fingerprint density at radius 2 is 1.96 bits per heavy atom. The molecular weight excluding hydrogens is 290 g/mol. The molecule has 23 heavy (non-hydrogen) atoms. The van der Waals surface area contributed by atoms with Crippen molar-refractivity contribution in [1.82, 2.24) is 5.32 Å². The molecule has 0 saturated heterocycles. The monoisotopic (exact) mass is 311 g/mol. The van der Waals surface area contributed by atoms with Crippen LogP contribution in [-0.4, -0.2) is 24.0 Å². The summed E-state index contributed by atoms with van der Waals surface area (Å²) in [6, 6.07) is 9.59. The van der Waals surface area contributed by atoms with Gasteiger partial charge in [0.15, 0.2) is 5.71 Å². The van der Waals surface area contributed by atoms with Crippen LogP contribution in [0.3, 0.4) is 0 Å². The second-order valence-electron chi connectivity index (χ2n) is 5.08. The van der Waals surface area contributed by atoms with Gasteiger partial charge in [-0.2, -0.15) is 0 Å². The smallest absolute Gasteiger partial charge is 0.357 e.